The van der Waals surface area contributed by atoms with Gasteiger partial charge in [-0.25, -0.2) is 0 Å². The van der Waals surface area contributed by atoms with Crippen molar-refractivity contribution in [2.24, 2.45) is 5.92 Å². The summed E-state index contributed by atoms with van der Waals surface area (Å²) in [5.74, 6) is 0.851. The fourth-order valence-electron chi connectivity index (χ4n) is 4.09. The summed E-state index contributed by atoms with van der Waals surface area (Å²) in [6.07, 6.45) is 6.43. The van der Waals surface area contributed by atoms with Crippen LogP contribution in [-0.4, -0.2) is 73.1 Å². The summed E-state index contributed by atoms with van der Waals surface area (Å²) in [5, 5.41) is 3.21. The van der Waals surface area contributed by atoms with E-state index in [9.17, 15) is 9.59 Å². The van der Waals surface area contributed by atoms with Crippen LogP contribution in [0, 0.1) is 5.92 Å². The molecule has 1 saturated carbocycles. The number of nitrogens with one attached hydrogen (secondary N) is 1. The third kappa shape index (κ3) is 4.48. The fourth-order valence-corrected chi connectivity index (χ4v) is 4.09. The largest absolute Gasteiger partial charge is 0.368 e. The van der Waals surface area contributed by atoms with Crippen molar-refractivity contribution in [3.63, 3.8) is 0 Å². The molecule has 2 amide bonds. The number of carbonyl (C=O) groups is 2. The number of hydrogen-bond donors (Lipinski definition) is 1. The molecule has 3 rings (SSSR count). The molecule has 0 unspecified atom stereocenters. The third-order valence-corrected chi connectivity index (χ3v) is 5.71. The summed E-state index contributed by atoms with van der Waals surface area (Å²) >= 11 is 0. The van der Waals surface area contributed by atoms with E-state index in [0.29, 0.717) is 38.2 Å². The Labute approximate surface area is 144 Å². The van der Waals surface area contributed by atoms with Crippen LogP contribution in [0.3, 0.4) is 0 Å². The molecule has 2 heterocycles. The Kier molecular flexibility index (Phi) is 6.11. The number of hydrogen-bond acceptors (Lipinski definition) is 4. The maximum Gasteiger partial charge on any atom is 0.251 e. The van der Waals surface area contributed by atoms with Crippen LogP contribution in [0.25, 0.3) is 0 Å². The Morgan fingerprint density at radius 3 is 2.46 bits per heavy atom. The van der Waals surface area contributed by atoms with Gasteiger partial charge in [0.1, 0.15) is 6.10 Å². The van der Waals surface area contributed by atoms with Gasteiger partial charge in [-0.05, 0) is 31.6 Å². The van der Waals surface area contributed by atoms with Gasteiger partial charge in [0.2, 0.25) is 5.91 Å². The maximum atomic E-state index is 12.3. The van der Waals surface area contributed by atoms with E-state index in [4.69, 9.17) is 4.74 Å². The Hall–Kier alpha value is -1.14. The van der Waals surface area contributed by atoms with Crippen LogP contribution in [0.1, 0.15) is 45.4 Å². The lowest BCUT2D eigenvalue weighted by Gasteiger charge is -2.36. The summed E-state index contributed by atoms with van der Waals surface area (Å²) < 4.78 is 5.49. The molecule has 0 aromatic rings. The minimum Gasteiger partial charge on any atom is -0.368 e. The molecule has 3 fully saturated rings. The van der Waals surface area contributed by atoms with Gasteiger partial charge in [-0.15, -0.1) is 0 Å². The molecule has 6 heteroatoms. The normalized spacial score (nSPS) is 31.9. The number of rotatable bonds is 4. The molecule has 0 aromatic carbocycles. The number of amides is 2. The maximum absolute atomic E-state index is 12.3. The number of ether oxygens (including phenoxy) is 1. The van der Waals surface area contributed by atoms with Crippen LogP contribution in [0.4, 0.5) is 0 Å². The fraction of sp³-hybridized carbons (Fsp3) is 0.889. The molecule has 1 aliphatic carbocycles. The molecule has 2 saturated heterocycles. The van der Waals surface area contributed by atoms with E-state index >= 15 is 0 Å². The van der Waals surface area contributed by atoms with E-state index in [1.165, 1.54) is 19.3 Å². The van der Waals surface area contributed by atoms with Crippen molar-refractivity contribution in [3.05, 3.63) is 0 Å². The van der Waals surface area contributed by atoms with Gasteiger partial charge in [0, 0.05) is 38.8 Å². The van der Waals surface area contributed by atoms with E-state index in [1.54, 1.807) is 0 Å². The molecular weight excluding hydrogens is 306 g/mol. The first-order valence-corrected chi connectivity index (χ1v) is 9.55. The summed E-state index contributed by atoms with van der Waals surface area (Å²) in [4.78, 5) is 28.7. The monoisotopic (exact) mass is 337 g/mol. The topological polar surface area (TPSA) is 61.9 Å². The summed E-state index contributed by atoms with van der Waals surface area (Å²) in [5.41, 5.74) is 0. The van der Waals surface area contributed by atoms with Crippen LogP contribution in [-0.2, 0) is 14.3 Å². The van der Waals surface area contributed by atoms with E-state index in [2.05, 4.69) is 17.1 Å². The lowest BCUT2D eigenvalue weighted by atomic mass is 9.86. The molecular formula is C18H31N3O3. The highest BCUT2D eigenvalue weighted by molar-refractivity contribution is 5.81. The van der Waals surface area contributed by atoms with Crippen molar-refractivity contribution < 1.29 is 14.3 Å². The average Bonchev–Trinajstić information content (AvgIpc) is 3.11. The minimum atomic E-state index is -0.229. The Balaban J connectivity index is 1.38. The molecule has 0 aromatic heterocycles. The molecule has 3 aliphatic rings. The predicted octanol–water partition coefficient (Wildman–Crippen LogP) is 1.00. The van der Waals surface area contributed by atoms with Gasteiger partial charge in [0.25, 0.3) is 5.91 Å². The first-order valence-electron chi connectivity index (χ1n) is 9.55. The van der Waals surface area contributed by atoms with Gasteiger partial charge >= 0.3 is 0 Å². The molecule has 3 atom stereocenters. The Morgan fingerprint density at radius 1 is 1.04 bits per heavy atom. The molecule has 0 spiro atoms. The first-order chi connectivity index (χ1) is 11.6. The van der Waals surface area contributed by atoms with Gasteiger partial charge in [-0.1, -0.05) is 19.8 Å². The van der Waals surface area contributed by atoms with Gasteiger partial charge < -0.3 is 15.0 Å². The van der Waals surface area contributed by atoms with Gasteiger partial charge in [0.15, 0.2) is 0 Å². The molecule has 24 heavy (non-hydrogen) atoms. The second kappa shape index (κ2) is 8.30. The SMILES string of the molecule is C[C@@H]1CCCC[C@@H]1NC(=O)CN1CCN(C(=O)[C@@H]2CCCO2)CC1. The summed E-state index contributed by atoms with van der Waals surface area (Å²) in [7, 11) is 0. The van der Waals surface area contributed by atoms with Gasteiger partial charge in [-0.2, -0.15) is 0 Å². The minimum absolute atomic E-state index is 0.132. The van der Waals surface area contributed by atoms with Crippen molar-refractivity contribution in [1.29, 1.82) is 0 Å². The van der Waals surface area contributed by atoms with E-state index in [0.717, 1.165) is 32.4 Å². The van der Waals surface area contributed by atoms with Crippen molar-refractivity contribution in [1.82, 2.24) is 15.1 Å². The van der Waals surface area contributed by atoms with E-state index < -0.39 is 0 Å². The highest BCUT2D eigenvalue weighted by Crippen LogP contribution is 2.23. The van der Waals surface area contributed by atoms with Crippen LogP contribution in [0.15, 0.2) is 0 Å². The quantitative estimate of drug-likeness (QED) is 0.831. The van der Waals surface area contributed by atoms with Crippen LogP contribution in [0.5, 0.6) is 0 Å². The Bertz CT molecular complexity index is 443. The van der Waals surface area contributed by atoms with Crippen molar-refractivity contribution in [3.8, 4) is 0 Å². The molecule has 2 aliphatic heterocycles. The van der Waals surface area contributed by atoms with Crippen molar-refractivity contribution in [2.75, 3.05) is 39.3 Å². The highest BCUT2D eigenvalue weighted by Gasteiger charge is 2.31. The molecule has 0 bridgehead atoms. The lowest BCUT2D eigenvalue weighted by Crippen LogP contribution is -2.54. The second-order valence-electron chi connectivity index (χ2n) is 7.54. The average molecular weight is 337 g/mol. The van der Waals surface area contributed by atoms with Crippen molar-refractivity contribution in [2.45, 2.75) is 57.6 Å². The van der Waals surface area contributed by atoms with Gasteiger partial charge in [0.05, 0.1) is 6.54 Å². The molecule has 1 N–H and O–H groups in total. The number of nitrogens with zero attached hydrogens (tertiary/aromatic N) is 2. The van der Waals surface area contributed by atoms with E-state index in [-0.39, 0.29) is 17.9 Å². The molecule has 0 radical (unpaired) electrons. The van der Waals surface area contributed by atoms with Crippen LogP contribution in [0.2, 0.25) is 0 Å². The lowest BCUT2D eigenvalue weighted by molar-refractivity contribution is -0.142. The summed E-state index contributed by atoms with van der Waals surface area (Å²) in [6.45, 7) is 6.33. The second-order valence-corrected chi connectivity index (χ2v) is 7.54. The zero-order valence-electron chi connectivity index (χ0n) is 14.8. The zero-order valence-corrected chi connectivity index (χ0v) is 14.8. The number of piperazine rings is 1. The predicted molar refractivity (Wildman–Crippen MR) is 91.6 cm³/mol. The summed E-state index contributed by atoms with van der Waals surface area (Å²) in [6, 6.07) is 0.341. The van der Waals surface area contributed by atoms with Crippen LogP contribution >= 0.6 is 0 Å². The smallest absolute Gasteiger partial charge is 0.251 e. The van der Waals surface area contributed by atoms with Crippen molar-refractivity contribution >= 4 is 11.8 Å². The first kappa shape index (κ1) is 17.7. The third-order valence-electron chi connectivity index (χ3n) is 5.71. The molecule has 136 valence electrons. The zero-order chi connectivity index (χ0) is 16.9. The van der Waals surface area contributed by atoms with E-state index in [1.807, 2.05) is 4.90 Å². The van der Waals surface area contributed by atoms with Crippen LogP contribution < -0.4 is 5.32 Å². The Morgan fingerprint density at radius 2 is 1.79 bits per heavy atom. The molecule has 6 nitrogen and oxygen atoms in total. The highest BCUT2D eigenvalue weighted by atomic mass is 16.5. The number of carbonyl (C=O) groups excluding carboxylic acids is 2. The standard InChI is InChI=1S/C18H31N3O3/c1-14-5-2-3-6-15(14)19-17(22)13-20-8-10-21(11-9-20)18(23)16-7-4-12-24-16/h14-16H,2-13H2,1H3,(H,19,22)/t14-,15+,16+/m1/s1. The van der Waals surface area contributed by atoms with Gasteiger partial charge in [-0.3, -0.25) is 14.5 Å².